The standard InChI is InChI=1S/C10H15NO2S/c12-8-1-3-9(4-2-8)13-6-10-5-11-7-14-10/h5,7-9,12H,1-4,6H2. The predicted octanol–water partition coefficient (Wildman–Crippen LogP) is 1.96. The zero-order valence-electron chi connectivity index (χ0n) is 8.06. The van der Waals surface area contributed by atoms with Crippen molar-refractivity contribution in [3.05, 3.63) is 16.6 Å². The predicted molar refractivity (Wildman–Crippen MR) is 55.2 cm³/mol. The highest BCUT2D eigenvalue weighted by Gasteiger charge is 2.19. The fourth-order valence-corrected chi connectivity index (χ4v) is 2.24. The largest absolute Gasteiger partial charge is 0.393 e. The van der Waals surface area contributed by atoms with Gasteiger partial charge in [-0.05, 0) is 25.7 Å². The first-order valence-electron chi connectivity index (χ1n) is 5.01. The summed E-state index contributed by atoms with van der Waals surface area (Å²) in [5, 5.41) is 9.32. The van der Waals surface area contributed by atoms with E-state index in [2.05, 4.69) is 4.98 Å². The third kappa shape index (κ3) is 2.77. The van der Waals surface area contributed by atoms with Crippen molar-refractivity contribution >= 4 is 11.3 Å². The molecule has 1 aromatic heterocycles. The van der Waals surface area contributed by atoms with Crippen LogP contribution >= 0.6 is 11.3 Å². The van der Waals surface area contributed by atoms with Crippen LogP contribution in [0, 0.1) is 0 Å². The van der Waals surface area contributed by atoms with Crippen molar-refractivity contribution in [1.82, 2.24) is 4.98 Å². The van der Waals surface area contributed by atoms with E-state index in [1.807, 2.05) is 11.7 Å². The van der Waals surface area contributed by atoms with E-state index in [0.29, 0.717) is 12.7 Å². The number of hydrogen-bond acceptors (Lipinski definition) is 4. The lowest BCUT2D eigenvalue weighted by Crippen LogP contribution is -2.24. The topological polar surface area (TPSA) is 42.4 Å². The van der Waals surface area contributed by atoms with E-state index in [1.54, 1.807) is 11.3 Å². The molecule has 4 heteroatoms. The maximum atomic E-state index is 9.32. The van der Waals surface area contributed by atoms with Gasteiger partial charge in [-0.1, -0.05) is 0 Å². The van der Waals surface area contributed by atoms with Crippen LogP contribution in [0.4, 0.5) is 0 Å². The number of rotatable bonds is 3. The van der Waals surface area contributed by atoms with Crippen LogP contribution in [0.25, 0.3) is 0 Å². The van der Waals surface area contributed by atoms with E-state index in [9.17, 15) is 5.11 Å². The summed E-state index contributed by atoms with van der Waals surface area (Å²) in [6.45, 7) is 0.672. The second-order valence-electron chi connectivity index (χ2n) is 3.71. The van der Waals surface area contributed by atoms with Crippen molar-refractivity contribution in [1.29, 1.82) is 0 Å². The lowest BCUT2D eigenvalue weighted by atomic mass is 9.95. The van der Waals surface area contributed by atoms with Crippen LogP contribution in [0.15, 0.2) is 11.7 Å². The number of aliphatic hydroxyl groups excluding tert-OH is 1. The molecule has 0 aromatic carbocycles. The molecule has 2 rings (SSSR count). The molecule has 78 valence electrons. The molecule has 1 N–H and O–H groups in total. The highest BCUT2D eigenvalue weighted by atomic mass is 32.1. The molecular weight excluding hydrogens is 198 g/mol. The molecule has 0 atom stereocenters. The Labute approximate surface area is 87.7 Å². The summed E-state index contributed by atoms with van der Waals surface area (Å²) >= 11 is 1.63. The summed E-state index contributed by atoms with van der Waals surface area (Å²) in [6, 6.07) is 0. The highest BCUT2D eigenvalue weighted by Crippen LogP contribution is 2.22. The Morgan fingerprint density at radius 1 is 1.43 bits per heavy atom. The second kappa shape index (κ2) is 4.87. The van der Waals surface area contributed by atoms with E-state index >= 15 is 0 Å². The zero-order valence-corrected chi connectivity index (χ0v) is 8.87. The van der Waals surface area contributed by atoms with Gasteiger partial charge in [-0.2, -0.15) is 0 Å². The fourth-order valence-electron chi connectivity index (χ4n) is 1.73. The molecule has 0 radical (unpaired) electrons. The summed E-state index contributed by atoms with van der Waals surface area (Å²) in [6.07, 6.45) is 5.82. The molecular formula is C10H15NO2S. The van der Waals surface area contributed by atoms with E-state index in [0.717, 1.165) is 25.7 Å². The molecule has 14 heavy (non-hydrogen) atoms. The van der Waals surface area contributed by atoms with E-state index in [4.69, 9.17) is 4.74 Å². The molecule has 1 heterocycles. The van der Waals surface area contributed by atoms with Crippen LogP contribution in [0.1, 0.15) is 30.6 Å². The lowest BCUT2D eigenvalue weighted by molar-refractivity contribution is -0.0109. The van der Waals surface area contributed by atoms with Gasteiger partial charge in [0.15, 0.2) is 0 Å². The average molecular weight is 213 g/mol. The maximum Gasteiger partial charge on any atom is 0.0829 e. The Balaban J connectivity index is 1.71. The van der Waals surface area contributed by atoms with Crippen molar-refractivity contribution in [2.45, 2.75) is 44.5 Å². The van der Waals surface area contributed by atoms with Gasteiger partial charge in [0, 0.05) is 6.20 Å². The Hall–Kier alpha value is -0.450. The van der Waals surface area contributed by atoms with Crippen LogP contribution in [-0.2, 0) is 11.3 Å². The SMILES string of the molecule is OC1CCC(OCc2cncs2)CC1. The molecule has 0 amide bonds. The van der Waals surface area contributed by atoms with Crippen LogP contribution in [0.5, 0.6) is 0 Å². The third-order valence-electron chi connectivity index (χ3n) is 2.59. The Morgan fingerprint density at radius 3 is 2.86 bits per heavy atom. The summed E-state index contributed by atoms with van der Waals surface area (Å²) < 4.78 is 5.73. The van der Waals surface area contributed by atoms with E-state index in [1.165, 1.54) is 4.88 Å². The maximum absolute atomic E-state index is 9.32. The van der Waals surface area contributed by atoms with Crippen molar-refractivity contribution in [3.8, 4) is 0 Å². The smallest absolute Gasteiger partial charge is 0.0829 e. The quantitative estimate of drug-likeness (QED) is 0.834. The first-order valence-corrected chi connectivity index (χ1v) is 5.89. The second-order valence-corrected chi connectivity index (χ2v) is 4.68. The zero-order chi connectivity index (χ0) is 9.80. The van der Waals surface area contributed by atoms with Gasteiger partial charge in [-0.25, -0.2) is 0 Å². The number of thiazole rings is 1. The number of nitrogens with zero attached hydrogens (tertiary/aromatic N) is 1. The molecule has 1 aliphatic rings. The van der Waals surface area contributed by atoms with Crippen LogP contribution < -0.4 is 0 Å². The Morgan fingerprint density at radius 2 is 2.21 bits per heavy atom. The third-order valence-corrected chi connectivity index (χ3v) is 3.34. The summed E-state index contributed by atoms with van der Waals surface area (Å²) in [5.74, 6) is 0. The molecule has 0 unspecified atom stereocenters. The highest BCUT2D eigenvalue weighted by molar-refractivity contribution is 7.09. The first-order chi connectivity index (χ1) is 6.84. The molecule has 3 nitrogen and oxygen atoms in total. The minimum Gasteiger partial charge on any atom is -0.393 e. The van der Waals surface area contributed by atoms with Crippen LogP contribution in [0.2, 0.25) is 0 Å². The Bertz CT molecular complexity index is 255. The minimum atomic E-state index is -0.0988. The number of ether oxygens (including phenoxy) is 1. The summed E-state index contributed by atoms with van der Waals surface area (Å²) in [7, 11) is 0. The Kier molecular flexibility index (Phi) is 3.50. The average Bonchev–Trinajstić information content (AvgIpc) is 2.70. The van der Waals surface area contributed by atoms with Crippen molar-refractivity contribution in [2.75, 3.05) is 0 Å². The van der Waals surface area contributed by atoms with E-state index < -0.39 is 0 Å². The monoisotopic (exact) mass is 213 g/mol. The number of aromatic nitrogens is 1. The van der Waals surface area contributed by atoms with Gasteiger partial charge >= 0.3 is 0 Å². The summed E-state index contributed by atoms with van der Waals surface area (Å²) in [5.41, 5.74) is 1.82. The fraction of sp³-hybridized carbons (Fsp3) is 0.700. The van der Waals surface area contributed by atoms with Gasteiger partial charge in [-0.3, -0.25) is 4.98 Å². The van der Waals surface area contributed by atoms with Crippen LogP contribution in [-0.4, -0.2) is 22.3 Å². The van der Waals surface area contributed by atoms with Gasteiger partial charge < -0.3 is 9.84 Å². The first kappa shape index (κ1) is 10.1. The molecule has 0 saturated heterocycles. The van der Waals surface area contributed by atoms with Gasteiger partial charge in [0.25, 0.3) is 0 Å². The van der Waals surface area contributed by atoms with Gasteiger partial charge in [0.05, 0.1) is 29.2 Å². The number of aliphatic hydroxyl groups is 1. The molecule has 1 aromatic rings. The van der Waals surface area contributed by atoms with Crippen molar-refractivity contribution < 1.29 is 9.84 Å². The van der Waals surface area contributed by atoms with Crippen LogP contribution in [0.3, 0.4) is 0 Å². The lowest BCUT2D eigenvalue weighted by Gasteiger charge is -2.25. The van der Waals surface area contributed by atoms with Crippen molar-refractivity contribution in [2.24, 2.45) is 0 Å². The van der Waals surface area contributed by atoms with E-state index in [-0.39, 0.29) is 6.10 Å². The summed E-state index contributed by atoms with van der Waals surface area (Å²) in [4.78, 5) is 5.17. The van der Waals surface area contributed by atoms with Crippen molar-refractivity contribution in [3.63, 3.8) is 0 Å². The normalized spacial score (nSPS) is 27.8. The van der Waals surface area contributed by atoms with Gasteiger partial charge in [0.2, 0.25) is 0 Å². The molecule has 1 aliphatic carbocycles. The number of hydrogen-bond donors (Lipinski definition) is 1. The molecule has 1 fully saturated rings. The molecule has 1 saturated carbocycles. The molecule has 0 bridgehead atoms. The molecule has 0 spiro atoms. The minimum absolute atomic E-state index is 0.0988. The van der Waals surface area contributed by atoms with Gasteiger partial charge in [0.1, 0.15) is 0 Å². The van der Waals surface area contributed by atoms with Gasteiger partial charge in [-0.15, -0.1) is 11.3 Å². The molecule has 0 aliphatic heterocycles.